The van der Waals surface area contributed by atoms with Crippen LogP contribution >= 0.6 is 11.3 Å². The lowest BCUT2D eigenvalue weighted by Crippen LogP contribution is -2.33. The number of rotatable bonds is 0. The number of aromatic amines is 1. The van der Waals surface area contributed by atoms with E-state index in [2.05, 4.69) is 35.3 Å². The predicted molar refractivity (Wildman–Crippen MR) is 64.9 cm³/mol. The van der Waals surface area contributed by atoms with Gasteiger partial charge in [-0.15, -0.1) is 11.3 Å². The maximum absolute atomic E-state index is 11.9. The Labute approximate surface area is 97.2 Å². The molecule has 0 radical (unpaired) electrons. The van der Waals surface area contributed by atoms with Crippen LogP contribution in [-0.2, 0) is 11.8 Å². The fourth-order valence-corrected chi connectivity index (χ4v) is 3.37. The largest absolute Gasteiger partial charge is 0.313 e. The topological polar surface area (TPSA) is 45.8 Å². The van der Waals surface area contributed by atoms with Crippen molar-refractivity contribution < 1.29 is 0 Å². The third-order valence-electron chi connectivity index (χ3n) is 3.12. The molecule has 0 spiro atoms. The summed E-state index contributed by atoms with van der Waals surface area (Å²) in [6.07, 6.45) is 2.40. The summed E-state index contributed by atoms with van der Waals surface area (Å²) in [5.41, 5.74) is 2.86. The van der Waals surface area contributed by atoms with E-state index in [1.165, 1.54) is 11.9 Å². The summed E-state index contributed by atoms with van der Waals surface area (Å²) in [5.74, 6) is 0. The minimum atomic E-state index is -0.134. The number of nitrogens with zero attached hydrogens (tertiary/aromatic N) is 1. The molecule has 4 heteroatoms. The number of H-pyrrole nitrogens is 1. The van der Waals surface area contributed by atoms with Crippen LogP contribution in [0.25, 0.3) is 10.6 Å². The second kappa shape index (κ2) is 3.04. The van der Waals surface area contributed by atoms with E-state index >= 15 is 0 Å². The van der Waals surface area contributed by atoms with Gasteiger partial charge < -0.3 is 4.98 Å². The highest BCUT2D eigenvalue weighted by molar-refractivity contribution is 7.13. The number of hydrogen-bond donors (Lipinski definition) is 1. The maximum Gasteiger partial charge on any atom is 0.255 e. The molecular formula is C12H12N2OS. The molecule has 0 unspecified atom stereocenters. The average Bonchev–Trinajstić information content (AvgIpc) is 2.64. The molecule has 82 valence electrons. The van der Waals surface area contributed by atoms with Crippen LogP contribution in [-0.4, -0.2) is 9.97 Å². The first kappa shape index (κ1) is 9.78. The van der Waals surface area contributed by atoms with Crippen LogP contribution in [0.1, 0.15) is 25.0 Å². The van der Waals surface area contributed by atoms with Gasteiger partial charge in [0.25, 0.3) is 5.56 Å². The number of thiophene rings is 1. The van der Waals surface area contributed by atoms with Crippen molar-refractivity contribution in [2.45, 2.75) is 25.7 Å². The summed E-state index contributed by atoms with van der Waals surface area (Å²) in [5, 5.41) is 2.07. The number of fused-ring (bicyclic) bond motifs is 3. The molecule has 2 heterocycles. The van der Waals surface area contributed by atoms with E-state index in [-0.39, 0.29) is 11.0 Å². The highest BCUT2D eigenvalue weighted by Gasteiger charge is 2.34. The molecule has 0 aliphatic heterocycles. The average molecular weight is 232 g/mol. The van der Waals surface area contributed by atoms with Crippen LogP contribution in [0.3, 0.4) is 0 Å². The van der Waals surface area contributed by atoms with Gasteiger partial charge in [-0.1, -0.05) is 13.8 Å². The number of nitrogens with one attached hydrogen (secondary N) is 1. The molecule has 0 saturated heterocycles. The van der Waals surface area contributed by atoms with Crippen molar-refractivity contribution in [2.24, 2.45) is 0 Å². The SMILES string of the molecule is CC1(C)Cc2ccsc2-c2nc[nH]c(=O)c21. The lowest BCUT2D eigenvalue weighted by Gasteiger charge is -2.30. The molecule has 1 aliphatic carbocycles. The van der Waals surface area contributed by atoms with Gasteiger partial charge in [-0.25, -0.2) is 4.98 Å². The lowest BCUT2D eigenvalue weighted by molar-refractivity contribution is 0.509. The second-order valence-corrected chi connectivity index (χ2v) is 5.71. The van der Waals surface area contributed by atoms with Gasteiger partial charge in [0.2, 0.25) is 0 Å². The third-order valence-corrected chi connectivity index (χ3v) is 4.09. The van der Waals surface area contributed by atoms with Gasteiger partial charge in [-0.2, -0.15) is 0 Å². The minimum Gasteiger partial charge on any atom is -0.313 e. The molecule has 1 N–H and O–H groups in total. The summed E-state index contributed by atoms with van der Waals surface area (Å²) in [7, 11) is 0. The summed E-state index contributed by atoms with van der Waals surface area (Å²) < 4.78 is 0. The molecule has 1 aliphatic rings. The Bertz CT molecular complexity index is 609. The predicted octanol–water partition coefficient (Wildman–Crippen LogP) is 2.33. The maximum atomic E-state index is 11.9. The summed E-state index contributed by atoms with van der Waals surface area (Å²) in [6, 6.07) is 2.13. The Balaban J connectivity index is 2.42. The molecule has 3 rings (SSSR count). The first-order valence-electron chi connectivity index (χ1n) is 5.24. The van der Waals surface area contributed by atoms with E-state index in [4.69, 9.17) is 0 Å². The van der Waals surface area contributed by atoms with Crippen molar-refractivity contribution in [1.29, 1.82) is 0 Å². The molecule has 0 bridgehead atoms. The molecule has 0 fully saturated rings. The smallest absolute Gasteiger partial charge is 0.255 e. The quantitative estimate of drug-likeness (QED) is 0.757. The van der Waals surface area contributed by atoms with Crippen molar-refractivity contribution in [2.75, 3.05) is 0 Å². The number of hydrogen-bond acceptors (Lipinski definition) is 3. The Morgan fingerprint density at radius 1 is 1.50 bits per heavy atom. The molecule has 3 nitrogen and oxygen atoms in total. The van der Waals surface area contributed by atoms with E-state index < -0.39 is 0 Å². The molecule has 2 aromatic rings. The van der Waals surface area contributed by atoms with Gasteiger partial charge in [0.15, 0.2) is 0 Å². The highest BCUT2D eigenvalue weighted by atomic mass is 32.1. The van der Waals surface area contributed by atoms with Gasteiger partial charge in [-0.05, 0) is 23.4 Å². The molecular weight excluding hydrogens is 220 g/mol. The third kappa shape index (κ3) is 1.19. The minimum absolute atomic E-state index is 0.00551. The standard InChI is InChI=1S/C12H12N2OS/c1-12(2)5-7-3-4-16-10(7)9-8(12)11(15)14-6-13-9/h3-4,6H,5H2,1-2H3,(H,13,14,15). The van der Waals surface area contributed by atoms with Gasteiger partial charge in [0.05, 0.1) is 22.5 Å². The van der Waals surface area contributed by atoms with Crippen LogP contribution in [0.5, 0.6) is 0 Å². The van der Waals surface area contributed by atoms with E-state index in [1.807, 2.05) is 0 Å². The van der Waals surface area contributed by atoms with Crippen molar-refractivity contribution in [3.63, 3.8) is 0 Å². The molecule has 16 heavy (non-hydrogen) atoms. The molecule has 0 aromatic carbocycles. The van der Waals surface area contributed by atoms with Gasteiger partial charge in [-0.3, -0.25) is 4.79 Å². The molecule has 2 aromatic heterocycles. The summed E-state index contributed by atoms with van der Waals surface area (Å²) in [4.78, 5) is 20.1. The number of aromatic nitrogens is 2. The zero-order valence-corrected chi connectivity index (χ0v) is 10.0. The fourth-order valence-electron chi connectivity index (χ4n) is 2.45. The first-order valence-corrected chi connectivity index (χ1v) is 6.12. The molecule has 0 amide bonds. The Hall–Kier alpha value is -1.42. The normalized spacial score (nSPS) is 16.6. The Morgan fingerprint density at radius 3 is 3.12 bits per heavy atom. The molecule has 0 saturated carbocycles. The van der Waals surface area contributed by atoms with Crippen LogP contribution < -0.4 is 5.56 Å². The van der Waals surface area contributed by atoms with Crippen molar-refractivity contribution in [3.05, 3.63) is 39.3 Å². The lowest BCUT2D eigenvalue weighted by atomic mass is 9.75. The van der Waals surface area contributed by atoms with E-state index in [0.29, 0.717) is 0 Å². The zero-order chi connectivity index (χ0) is 11.3. The van der Waals surface area contributed by atoms with Crippen molar-refractivity contribution in [3.8, 4) is 10.6 Å². The van der Waals surface area contributed by atoms with Gasteiger partial charge in [0.1, 0.15) is 0 Å². The second-order valence-electron chi connectivity index (χ2n) is 4.79. The monoisotopic (exact) mass is 232 g/mol. The van der Waals surface area contributed by atoms with E-state index in [9.17, 15) is 4.79 Å². The highest BCUT2D eigenvalue weighted by Crippen LogP contribution is 2.42. The van der Waals surface area contributed by atoms with E-state index in [0.717, 1.165) is 22.6 Å². The van der Waals surface area contributed by atoms with Gasteiger partial charge in [0, 0.05) is 5.41 Å². The van der Waals surface area contributed by atoms with Crippen LogP contribution in [0.4, 0.5) is 0 Å². The van der Waals surface area contributed by atoms with Crippen LogP contribution in [0, 0.1) is 0 Å². The zero-order valence-electron chi connectivity index (χ0n) is 9.20. The van der Waals surface area contributed by atoms with Crippen LogP contribution in [0.2, 0.25) is 0 Å². The summed E-state index contributed by atoms with van der Waals surface area (Å²) >= 11 is 1.66. The molecule has 0 atom stereocenters. The van der Waals surface area contributed by atoms with E-state index in [1.54, 1.807) is 11.3 Å². The van der Waals surface area contributed by atoms with Crippen molar-refractivity contribution in [1.82, 2.24) is 9.97 Å². The first-order chi connectivity index (χ1) is 7.59. The van der Waals surface area contributed by atoms with Gasteiger partial charge >= 0.3 is 0 Å². The Kier molecular flexibility index (Phi) is 1.86. The fraction of sp³-hybridized carbons (Fsp3) is 0.333. The van der Waals surface area contributed by atoms with Crippen LogP contribution in [0.15, 0.2) is 22.6 Å². The van der Waals surface area contributed by atoms with Crippen molar-refractivity contribution >= 4 is 11.3 Å². The summed E-state index contributed by atoms with van der Waals surface area (Å²) in [6.45, 7) is 4.20. The Morgan fingerprint density at radius 2 is 2.31 bits per heavy atom.